The summed E-state index contributed by atoms with van der Waals surface area (Å²) < 4.78 is 0. The fourth-order valence-electron chi connectivity index (χ4n) is 2.41. The summed E-state index contributed by atoms with van der Waals surface area (Å²) in [5.41, 5.74) is 0. The van der Waals surface area contributed by atoms with E-state index in [-0.39, 0.29) is 5.91 Å². The van der Waals surface area contributed by atoms with Crippen LogP contribution < -0.4 is 10.6 Å². The number of carbonyl (C=O) groups excluding carboxylic acids is 2. The molecule has 0 aromatic heterocycles. The molecule has 2 unspecified atom stereocenters. The van der Waals surface area contributed by atoms with Crippen LogP contribution in [0.5, 0.6) is 0 Å². The zero-order valence-corrected chi connectivity index (χ0v) is 10.0. The maximum absolute atomic E-state index is 11.9. The smallest absolute Gasteiger partial charge is 0.326 e. The lowest BCUT2D eigenvalue weighted by atomic mass is 10.1. The number of carbonyl (C=O) groups is 3. The third-order valence-electron chi connectivity index (χ3n) is 3.38. The van der Waals surface area contributed by atoms with E-state index in [0.717, 1.165) is 6.42 Å². The van der Waals surface area contributed by atoms with Gasteiger partial charge in [-0.1, -0.05) is 0 Å². The Bertz CT molecular complexity index is 371. The number of urea groups is 1. The average molecular weight is 255 g/mol. The number of nitrogens with zero attached hydrogens (tertiary/aromatic N) is 1. The Balaban J connectivity index is 1.94. The molecule has 3 amide bonds. The number of rotatable bonds is 2. The zero-order chi connectivity index (χ0) is 13.1. The highest BCUT2D eigenvalue weighted by atomic mass is 16.4. The average Bonchev–Trinajstić information content (AvgIpc) is 2.81. The molecule has 2 aliphatic rings. The summed E-state index contributed by atoms with van der Waals surface area (Å²) >= 11 is 0. The van der Waals surface area contributed by atoms with Gasteiger partial charge in [0.05, 0.1) is 0 Å². The summed E-state index contributed by atoms with van der Waals surface area (Å²) in [6.07, 6.45) is 2.57. The fraction of sp³-hybridized carbons (Fsp3) is 0.727. The maximum Gasteiger partial charge on any atom is 0.326 e. The van der Waals surface area contributed by atoms with Gasteiger partial charge in [0.15, 0.2) is 0 Å². The predicted octanol–water partition coefficient (Wildman–Crippen LogP) is -0.476. The Morgan fingerprint density at radius 1 is 1.33 bits per heavy atom. The largest absolute Gasteiger partial charge is 0.480 e. The van der Waals surface area contributed by atoms with Crippen molar-refractivity contribution in [3.8, 4) is 0 Å². The molecule has 2 heterocycles. The van der Waals surface area contributed by atoms with Crippen LogP contribution in [-0.4, -0.2) is 53.1 Å². The Morgan fingerprint density at radius 3 is 2.78 bits per heavy atom. The lowest BCUT2D eigenvalue weighted by molar-refractivity contribution is -0.141. The van der Waals surface area contributed by atoms with Gasteiger partial charge in [-0.15, -0.1) is 0 Å². The highest BCUT2D eigenvalue weighted by molar-refractivity contribution is 5.89. The van der Waals surface area contributed by atoms with Crippen molar-refractivity contribution in [3.05, 3.63) is 0 Å². The second kappa shape index (κ2) is 5.24. The molecule has 0 radical (unpaired) electrons. The SMILES string of the molecule is O=C1NCCCC1NC(=O)N1CCCC1C(=O)O. The lowest BCUT2D eigenvalue weighted by Crippen LogP contribution is -2.55. The number of likely N-dealkylation sites (tertiary alicyclic amines) is 1. The van der Waals surface area contributed by atoms with E-state index in [2.05, 4.69) is 10.6 Å². The number of amides is 3. The second-order valence-electron chi connectivity index (χ2n) is 4.62. The van der Waals surface area contributed by atoms with Crippen molar-refractivity contribution in [3.63, 3.8) is 0 Å². The van der Waals surface area contributed by atoms with Gasteiger partial charge in [0.25, 0.3) is 0 Å². The first-order valence-electron chi connectivity index (χ1n) is 6.17. The zero-order valence-electron chi connectivity index (χ0n) is 10.0. The minimum absolute atomic E-state index is 0.194. The highest BCUT2D eigenvalue weighted by Crippen LogP contribution is 2.17. The number of nitrogens with one attached hydrogen (secondary N) is 2. The molecule has 3 N–H and O–H groups in total. The second-order valence-corrected chi connectivity index (χ2v) is 4.62. The van der Waals surface area contributed by atoms with E-state index in [4.69, 9.17) is 5.11 Å². The molecule has 2 saturated heterocycles. The number of piperidine rings is 1. The summed E-state index contributed by atoms with van der Waals surface area (Å²) in [6, 6.07) is -1.76. The number of carboxylic acid groups (broad SMARTS) is 1. The molecule has 2 aliphatic heterocycles. The molecule has 100 valence electrons. The monoisotopic (exact) mass is 255 g/mol. The molecular formula is C11H17N3O4. The van der Waals surface area contributed by atoms with Crippen molar-refractivity contribution in [2.75, 3.05) is 13.1 Å². The van der Waals surface area contributed by atoms with Crippen molar-refractivity contribution >= 4 is 17.9 Å². The number of hydrogen-bond acceptors (Lipinski definition) is 3. The van der Waals surface area contributed by atoms with Crippen LogP contribution in [0.1, 0.15) is 25.7 Å². The summed E-state index contributed by atoms with van der Waals surface area (Å²) in [6.45, 7) is 1.06. The Hall–Kier alpha value is -1.79. The van der Waals surface area contributed by atoms with Gasteiger partial charge in [-0.05, 0) is 25.7 Å². The molecule has 2 fully saturated rings. The van der Waals surface area contributed by atoms with Crippen molar-refractivity contribution < 1.29 is 19.5 Å². The van der Waals surface area contributed by atoms with Crippen molar-refractivity contribution in [1.29, 1.82) is 0 Å². The maximum atomic E-state index is 11.9. The van der Waals surface area contributed by atoms with Crippen LogP contribution in [0.2, 0.25) is 0 Å². The quantitative estimate of drug-likeness (QED) is 0.621. The van der Waals surface area contributed by atoms with E-state index in [1.165, 1.54) is 4.90 Å². The van der Waals surface area contributed by atoms with Crippen molar-refractivity contribution in [2.45, 2.75) is 37.8 Å². The van der Waals surface area contributed by atoms with E-state index >= 15 is 0 Å². The van der Waals surface area contributed by atoms with Crippen LogP contribution in [0.4, 0.5) is 4.79 Å². The van der Waals surface area contributed by atoms with Gasteiger partial charge < -0.3 is 20.6 Å². The number of aliphatic carboxylic acids is 1. The fourth-order valence-corrected chi connectivity index (χ4v) is 2.41. The first kappa shape index (κ1) is 12.7. The minimum Gasteiger partial charge on any atom is -0.480 e. The molecule has 2 atom stereocenters. The molecule has 0 aromatic carbocycles. The van der Waals surface area contributed by atoms with Crippen LogP contribution in [-0.2, 0) is 9.59 Å². The third kappa shape index (κ3) is 2.55. The van der Waals surface area contributed by atoms with E-state index < -0.39 is 24.1 Å². The molecular weight excluding hydrogens is 238 g/mol. The van der Waals surface area contributed by atoms with Crippen molar-refractivity contribution in [1.82, 2.24) is 15.5 Å². The summed E-state index contributed by atoms with van der Waals surface area (Å²) in [7, 11) is 0. The van der Waals surface area contributed by atoms with E-state index in [1.54, 1.807) is 0 Å². The number of hydrogen-bond donors (Lipinski definition) is 3. The van der Waals surface area contributed by atoms with Crippen LogP contribution in [0, 0.1) is 0 Å². The Morgan fingerprint density at radius 2 is 2.11 bits per heavy atom. The predicted molar refractivity (Wildman–Crippen MR) is 61.9 cm³/mol. The first-order valence-corrected chi connectivity index (χ1v) is 6.17. The molecule has 7 nitrogen and oxygen atoms in total. The van der Waals surface area contributed by atoms with Crippen molar-refractivity contribution in [2.24, 2.45) is 0 Å². The molecule has 0 saturated carbocycles. The summed E-state index contributed by atoms with van der Waals surface area (Å²) in [4.78, 5) is 35.7. The molecule has 18 heavy (non-hydrogen) atoms. The van der Waals surface area contributed by atoms with Crippen LogP contribution in [0.25, 0.3) is 0 Å². The lowest BCUT2D eigenvalue weighted by Gasteiger charge is -2.27. The van der Waals surface area contributed by atoms with Gasteiger partial charge in [0.2, 0.25) is 5.91 Å². The Labute approximate surface area is 105 Å². The van der Waals surface area contributed by atoms with Gasteiger partial charge in [-0.3, -0.25) is 4.79 Å². The topological polar surface area (TPSA) is 98.7 Å². The normalized spacial score (nSPS) is 27.8. The first-order chi connectivity index (χ1) is 8.59. The van der Waals surface area contributed by atoms with E-state index in [1.807, 2.05) is 0 Å². The van der Waals surface area contributed by atoms with Gasteiger partial charge in [-0.2, -0.15) is 0 Å². The molecule has 0 aliphatic carbocycles. The number of carboxylic acids is 1. The standard InChI is InChI=1S/C11H17N3O4/c15-9-7(3-1-5-12-9)13-11(18)14-6-2-4-8(14)10(16)17/h7-8H,1-6H2,(H,12,15)(H,13,18)(H,16,17). The molecule has 0 aromatic rings. The molecule has 7 heteroatoms. The van der Waals surface area contributed by atoms with E-state index in [9.17, 15) is 14.4 Å². The van der Waals surface area contributed by atoms with E-state index in [0.29, 0.717) is 32.4 Å². The van der Waals surface area contributed by atoms with Crippen LogP contribution in [0.15, 0.2) is 0 Å². The molecule has 2 rings (SSSR count). The summed E-state index contributed by atoms with van der Waals surface area (Å²) in [5.74, 6) is -1.18. The van der Waals surface area contributed by atoms with Gasteiger partial charge >= 0.3 is 12.0 Å². The summed E-state index contributed by atoms with van der Waals surface area (Å²) in [5, 5.41) is 14.3. The third-order valence-corrected chi connectivity index (χ3v) is 3.38. The van der Waals surface area contributed by atoms with Gasteiger partial charge in [-0.25, -0.2) is 9.59 Å². The Kier molecular flexibility index (Phi) is 3.69. The highest BCUT2D eigenvalue weighted by Gasteiger charge is 2.35. The molecule has 0 spiro atoms. The minimum atomic E-state index is -0.990. The van der Waals surface area contributed by atoms with Gasteiger partial charge in [0, 0.05) is 13.1 Å². The van der Waals surface area contributed by atoms with Gasteiger partial charge in [0.1, 0.15) is 12.1 Å². The molecule has 0 bridgehead atoms. The van der Waals surface area contributed by atoms with Crippen LogP contribution in [0.3, 0.4) is 0 Å². The van der Waals surface area contributed by atoms with Crippen LogP contribution >= 0.6 is 0 Å².